The minimum atomic E-state index is 0.474. The zero-order valence-electron chi connectivity index (χ0n) is 8.24. The molecule has 0 amide bonds. The van der Waals surface area contributed by atoms with Gasteiger partial charge in [0.25, 0.3) is 0 Å². The van der Waals surface area contributed by atoms with Crippen molar-refractivity contribution in [3.05, 3.63) is 17.8 Å². The number of hydrogen-bond donors (Lipinski definition) is 1. The smallest absolute Gasteiger partial charge is 0.195 e. The normalized spacial score (nSPS) is 22.5. The first-order chi connectivity index (χ1) is 6.88. The van der Waals surface area contributed by atoms with Crippen molar-refractivity contribution in [2.45, 2.75) is 37.5 Å². The number of nitrogens with two attached hydrogens (primary N) is 1. The molecule has 1 saturated heterocycles. The van der Waals surface area contributed by atoms with Gasteiger partial charge in [-0.25, -0.2) is 4.98 Å². The number of aromatic nitrogens is 1. The Hall–Kier alpha value is -0.480. The molecule has 4 heteroatoms. The Balaban J connectivity index is 1.89. The molecule has 1 aliphatic rings. The Morgan fingerprint density at radius 3 is 3.14 bits per heavy atom. The van der Waals surface area contributed by atoms with Gasteiger partial charge in [-0.2, -0.15) is 11.8 Å². The second-order valence-electron chi connectivity index (χ2n) is 3.63. The van der Waals surface area contributed by atoms with Crippen LogP contribution in [0, 0.1) is 0 Å². The van der Waals surface area contributed by atoms with E-state index in [1.165, 1.54) is 25.0 Å². The summed E-state index contributed by atoms with van der Waals surface area (Å²) < 4.78 is 5.35. The predicted octanol–water partition coefficient (Wildman–Crippen LogP) is 1.96. The molecule has 0 bridgehead atoms. The van der Waals surface area contributed by atoms with Gasteiger partial charge in [0, 0.05) is 18.2 Å². The second-order valence-corrected chi connectivity index (χ2v) is 5.04. The standard InChI is InChI=1S/C10H16N2OS/c11-6-8-7-13-10(12-8)5-9-3-1-2-4-14-9/h7,9H,1-6,11H2. The molecule has 14 heavy (non-hydrogen) atoms. The van der Waals surface area contributed by atoms with Gasteiger partial charge >= 0.3 is 0 Å². The maximum atomic E-state index is 5.47. The number of hydrogen-bond acceptors (Lipinski definition) is 4. The van der Waals surface area contributed by atoms with Crippen molar-refractivity contribution in [3.8, 4) is 0 Å². The molecule has 78 valence electrons. The van der Waals surface area contributed by atoms with Crippen molar-refractivity contribution in [3.63, 3.8) is 0 Å². The van der Waals surface area contributed by atoms with Crippen LogP contribution in [0.2, 0.25) is 0 Å². The molecule has 0 aromatic carbocycles. The molecule has 2 N–H and O–H groups in total. The van der Waals surface area contributed by atoms with Gasteiger partial charge in [-0.15, -0.1) is 0 Å². The first kappa shape index (κ1) is 10.1. The van der Waals surface area contributed by atoms with Crippen LogP contribution >= 0.6 is 11.8 Å². The largest absolute Gasteiger partial charge is 0.449 e. The predicted molar refractivity (Wildman–Crippen MR) is 58.2 cm³/mol. The van der Waals surface area contributed by atoms with Gasteiger partial charge in [-0.1, -0.05) is 6.42 Å². The SMILES string of the molecule is NCc1coc(CC2CCCCS2)n1. The zero-order valence-corrected chi connectivity index (χ0v) is 9.05. The lowest BCUT2D eigenvalue weighted by molar-refractivity contribution is 0.481. The van der Waals surface area contributed by atoms with Crippen molar-refractivity contribution >= 4 is 11.8 Å². The topological polar surface area (TPSA) is 52.0 Å². The summed E-state index contributed by atoms with van der Waals surface area (Å²) in [6.07, 6.45) is 6.64. The van der Waals surface area contributed by atoms with Crippen LogP contribution in [0.15, 0.2) is 10.7 Å². The summed E-state index contributed by atoms with van der Waals surface area (Å²) in [4.78, 5) is 4.32. The molecule has 1 unspecified atom stereocenters. The summed E-state index contributed by atoms with van der Waals surface area (Å²) in [7, 11) is 0. The quantitative estimate of drug-likeness (QED) is 0.832. The van der Waals surface area contributed by atoms with Crippen LogP contribution in [0.4, 0.5) is 0 Å². The van der Waals surface area contributed by atoms with Crippen LogP contribution in [0.3, 0.4) is 0 Å². The van der Waals surface area contributed by atoms with Crippen molar-refractivity contribution < 1.29 is 4.42 Å². The lowest BCUT2D eigenvalue weighted by atomic mass is 10.1. The zero-order chi connectivity index (χ0) is 9.80. The molecule has 2 rings (SSSR count). The maximum Gasteiger partial charge on any atom is 0.195 e. The van der Waals surface area contributed by atoms with Gasteiger partial charge in [-0.3, -0.25) is 0 Å². The van der Waals surface area contributed by atoms with E-state index in [9.17, 15) is 0 Å². The van der Waals surface area contributed by atoms with Gasteiger partial charge < -0.3 is 10.2 Å². The van der Waals surface area contributed by atoms with Gasteiger partial charge in [0.1, 0.15) is 6.26 Å². The molecule has 3 nitrogen and oxygen atoms in total. The second kappa shape index (κ2) is 4.84. The third kappa shape index (κ3) is 2.51. The molecule has 1 atom stereocenters. The highest BCUT2D eigenvalue weighted by atomic mass is 32.2. The minimum absolute atomic E-state index is 0.474. The molecule has 0 radical (unpaired) electrons. The number of nitrogens with zero attached hydrogens (tertiary/aromatic N) is 1. The number of rotatable bonds is 3. The average molecular weight is 212 g/mol. The molecule has 1 aliphatic heterocycles. The van der Waals surface area contributed by atoms with Crippen molar-refractivity contribution in [1.82, 2.24) is 4.98 Å². The highest BCUT2D eigenvalue weighted by molar-refractivity contribution is 7.99. The maximum absolute atomic E-state index is 5.47. The van der Waals surface area contributed by atoms with Crippen molar-refractivity contribution in [2.75, 3.05) is 5.75 Å². The minimum Gasteiger partial charge on any atom is -0.449 e. The average Bonchev–Trinajstić information content (AvgIpc) is 2.67. The summed E-state index contributed by atoms with van der Waals surface area (Å²) in [6, 6.07) is 0. The summed E-state index contributed by atoms with van der Waals surface area (Å²) in [6.45, 7) is 0.474. The monoisotopic (exact) mass is 212 g/mol. The van der Waals surface area contributed by atoms with Crippen LogP contribution in [0.25, 0.3) is 0 Å². The van der Waals surface area contributed by atoms with Crippen LogP contribution in [-0.4, -0.2) is 16.0 Å². The third-order valence-corrected chi connectivity index (χ3v) is 3.88. The van der Waals surface area contributed by atoms with E-state index < -0.39 is 0 Å². The Labute approximate surface area is 88.5 Å². The molecule has 1 fully saturated rings. The first-order valence-electron chi connectivity index (χ1n) is 5.13. The van der Waals surface area contributed by atoms with E-state index in [1.54, 1.807) is 6.26 Å². The van der Waals surface area contributed by atoms with E-state index in [4.69, 9.17) is 10.2 Å². The van der Waals surface area contributed by atoms with Gasteiger partial charge in [0.2, 0.25) is 0 Å². The summed E-state index contributed by atoms with van der Waals surface area (Å²) in [5.41, 5.74) is 6.33. The summed E-state index contributed by atoms with van der Waals surface area (Å²) in [5.74, 6) is 2.14. The fourth-order valence-electron chi connectivity index (χ4n) is 1.70. The van der Waals surface area contributed by atoms with Gasteiger partial charge in [-0.05, 0) is 18.6 Å². The van der Waals surface area contributed by atoms with E-state index >= 15 is 0 Å². The van der Waals surface area contributed by atoms with Gasteiger partial charge in [0.15, 0.2) is 5.89 Å². The molecule has 0 aliphatic carbocycles. The van der Waals surface area contributed by atoms with Crippen molar-refractivity contribution in [2.24, 2.45) is 5.73 Å². The highest BCUT2D eigenvalue weighted by Gasteiger charge is 2.16. The van der Waals surface area contributed by atoms with E-state index in [1.807, 2.05) is 11.8 Å². The Kier molecular flexibility index (Phi) is 3.48. The Morgan fingerprint density at radius 2 is 2.50 bits per heavy atom. The molecule has 1 aromatic rings. The third-order valence-electron chi connectivity index (χ3n) is 2.48. The fourth-order valence-corrected chi connectivity index (χ4v) is 3.00. The van der Waals surface area contributed by atoms with Crippen LogP contribution in [-0.2, 0) is 13.0 Å². The lowest BCUT2D eigenvalue weighted by Crippen LogP contribution is -2.12. The molecule has 0 spiro atoms. The highest BCUT2D eigenvalue weighted by Crippen LogP contribution is 2.27. The summed E-state index contributed by atoms with van der Waals surface area (Å²) >= 11 is 2.04. The number of oxazole rings is 1. The molecular weight excluding hydrogens is 196 g/mol. The van der Waals surface area contributed by atoms with Crippen LogP contribution in [0.5, 0.6) is 0 Å². The molecule has 1 aromatic heterocycles. The van der Waals surface area contributed by atoms with E-state index in [2.05, 4.69) is 4.98 Å². The molecule has 0 saturated carbocycles. The van der Waals surface area contributed by atoms with Crippen LogP contribution in [0.1, 0.15) is 30.8 Å². The first-order valence-corrected chi connectivity index (χ1v) is 6.18. The Bertz CT molecular complexity index is 281. The molecular formula is C10H16N2OS. The van der Waals surface area contributed by atoms with E-state index in [0.717, 1.165) is 18.0 Å². The number of thioether (sulfide) groups is 1. The van der Waals surface area contributed by atoms with Gasteiger partial charge in [0.05, 0.1) is 5.69 Å². The van der Waals surface area contributed by atoms with Crippen LogP contribution < -0.4 is 5.73 Å². The fraction of sp³-hybridized carbons (Fsp3) is 0.700. The van der Waals surface area contributed by atoms with E-state index in [-0.39, 0.29) is 0 Å². The Morgan fingerprint density at radius 1 is 1.57 bits per heavy atom. The van der Waals surface area contributed by atoms with E-state index in [0.29, 0.717) is 11.8 Å². The van der Waals surface area contributed by atoms with Crippen molar-refractivity contribution in [1.29, 1.82) is 0 Å². The molecule has 2 heterocycles. The lowest BCUT2D eigenvalue weighted by Gasteiger charge is -2.19. The summed E-state index contributed by atoms with van der Waals surface area (Å²) in [5, 5.41) is 0.702.